The van der Waals surface area contributed by atoms with Crippen molar-refractivity contribution in [1.82, 2.24) is 19.0 Å². The molecule has 0 bridgehead atoms. The summed E-state index contributed by atoms with van der Waals surface area (Å²) in [5.74, 6) is 0. The minimum absolute atomic E-state index is 0. The fourth-order valence-corrected chi connectivity index (χ4v) is 5.68. The maximum atomic E-state index is 13.2. The molecule has 0 saturated carbocycles. The lowest BCUT2D eigenvalue weighted by Gasteiger charge is -2.47. The predicted octanol–water partition coefficient (Wildman–Crippen LogP) is 2.08. The van der Waals surface area contributed by atoms with Gasteiger partial charge in [-0.25, -0.2) is 8.42 Å². The molecule has 28 heavy (non-hydrogen) atoms. The minimum atomic E-state index is -3.55. The quantitative estimate of drug-likeness (QED) is 0.748. The Morgan fingerprint density at radius 1 is 1.18 bits per heavy atom. The average Bonchev–Trinajstić information content (AvgIpc) is 3.09. The molecule has 9 heteroatoms. The molecule has 154 valence electrons. The van der Waals surface area contributed by atoms with Crippen LogP contribution in [0.2, 0.25) is 0 Å². The molecule has 2 fully saturated rings. The molecule has 4 rings (SSSR count). The number of morpholine rings is 1. The van der Waals surface area contributed by atoms with E-state index in [2.05, 4.69) is 22.1 Å². The lowest BCUT2D eigenvalue weighted by atomic mass is 10.0. The molecule has 2 aliphatic rings. The molecule has 2 atom stereocenters. The van der Waals surface area contributed by atoms with Crippen LogP contribution in [0.3, 0.4) is 0 Å². The van der Waals surface area contributed by atoms with Crippen LogP contribution in [0.25, 0.3) is 0 Å². The Morgan fingerprint density at radius 2 is 1.93 bits per heavy atom. The molecule has 2 aliphatic heterocycles. The zero-order valence-corrected chi connectivity index (χ0v) is 17.8. The fourth-order valence-electron chi connectivity index (χ4n) is 4.05. The summed E-state index contributed by atoms with van der Waals surface area (Å²) in [6.45, 7) is 7.20. The van der Waals surface area contributed by atoms with Crippen molar-refractivity contribution >= 4 is 22.4 Å². The van der Waals surface area contributed by atoms with E-state index in [1.807, 2.05) is 25.1 Å². The third-order valence-electron chi connectivity index (χ3n) is 5.50. The Morgan fingerprint density at radius 3 is 2.61 bits per heavy atom. The molecule has 0 N–H and O–H groups in total. The second kappa shape index (κ2) is 8.51. The maximum absolute atomic E-state index is 13.2. The van der Waals surface area contributed by atoms with Crippen LogP contribution in [0.1, 0.15) is 24.2 Å². The van der Waals surface area contributed by atoms with Gasteiger partial charge in [0.1, 0.15) is 4.90 Å². The van der Waals surface area contributed by atoms with Crippen LogP contribution < -0.4 is 0 Å². The first-order valence-corrected chi connectivity index (χ1v) is 10.9. The van der Waals surface area contributed by atoms with Gasteiger partial charge < -0.3 is 4.74 Å². The molecule has 1 aromatic carbocycles. The number of benzene rings is 1. The first-order chi connectivity index (χ1) is 13.0. The van der Waals surface area contributed by atoms with Crippen LogP contribution >= 0.6 is 12.4 Å². The van der Waals surface area contributed by atoms with Gasteiger partial charge >= 0.3 is 0 Å². The summed E-state index contributed by atoms with van der Waals surface area (Å²) in [7, 11) is -3.55. The standard InChI is InChI=1S/C19H26N4O3S.ClH/c1-3-21-12-19(15(2)20-21)27(24,25)22-9-10-23-17(11-22)13-26-14-18(23)16-7-5-4-6-8-16;/h4-8,12,17-18H,3,9-11,13-14H2,1-2H3;1H/t17-,18-;/m1./s1. The van der Waals surface area contributed by atoms with Crippen LogP contribution in [-0.2, 0) is 21.3 Å². The van der Waals surface area contributed by atoms with Crippen LogP contribution in [0.4, 0.5) is 0 Å². The number of sulfonamides is 1. The highest BCUT2D eigenvalue weighted by molar-refractivity contribution is 7.89. The van der Waals surface area contributed by atoms with E-state index in [0.717, 1.165) is 0 Å². The molecule has 2 saturated heterocycles. The number of rotatable bonds is 4. The van der Waals surface area contributed by atoms with Crippen LogP contribution in [0, 0.1) is 6.92 Å². The van der Waals surface area contributed by atoms with Gasteiger partial charge in [-0.2, -0.15) is 9.40 Å². The molecular formula is C19H27ClN4O3S. The third-order valence-corrected chi connectivity index (χ3v) is 7.47. The number of hydrogen-bond donors (Lipinski definition) is 0. The molecule has 3 heterocycles. The van der Waals surface area contributed by atoms with Crippen LogP contribution in [-0.4, -0.2) is 66.3 Å². The molecule has 0 amide bonds. The summed E-state index contributed by atoms with van der Waals surface area (Å²) in [6, 6.07) is 10.5. The summed E-state index contributed by atoms with van der Waals surface area (Å²) >= 11 is 0. The topological polar surface area (TPSA) is 67.7 Å². The van der Waals surface area contributed by atoms with Crippen LogP contribution in [0.5, 0.6) is 0 Å². The Balaban J connectivity index is 0.00000225. The third kappa shape index (κ3) is 3.84. The number of fused-ring (bicyclic) bond motifs is 1. The van der Waals surface area contributed by atoms with Gasteiger partial charge in [0.2, 0.25) is 10.0 Å². The van der Waals surface area contributed by atoms with E-state index < -0.39 is 10.0 Å². The van der Waals surface area contributed by atoms with Crippen molar-refractivity contribution in [1.29, 1.82) is 0 Å². The highest BCUT2D eigenvalue weighted by Gasteiger charge is 2.40. The van der Waals surface area contributed by atoms with E-state index >= 15 is 0 Å². The summed E-state index contributed by atoms with van der Waals surface area (Å²) in [6.07, 6.45) is 1.64. The Kier molecular flexibility index (Phi) is 6.46. The molecule has 7 nitrogen and oxygen atoms in total. The van der Waals surface area contributed by atoms with E-state index in [1.165, 1.54) is 5.56 Å². The Hall–Kier alpha value is -1.45. The molecular weight excluding hydrogens is 400 g/mol. The number of piperazine rings is 1. The van der Waals surface area contributed by atoms with Crippen LogP contribution in [0.15, 0.2) is 41.4 Å². The summed E-state index contributed by atoms with van der Waals surface area (Å²) < 4.78 is 35.5. The lowest BCUT2D eigenvalue weighted by molar-refractivity contribution is -0.0709. The largest absolute Gasteiger partial charge is 0.378 e. The van der Waals surface area contributed by atoms with Gasteiger partial charge in [-0.3, -0.25) is 9.58 Å². The average molecular weight is 427 g/mol. The van der Waals surface area contributed by atoms with Gasteiger partial charge in [0.15, 0.2) is 0 Å². The smallest absolute Gasteiger partial charge is 0.246 e. The van der Waals surface area contributed by atoms with Gasteiger partial charge in [-0.1, -0.05) is 30.3 Å². The van der Waals surface area contributed by atoms with Gasteiger partial charge in [-0.05, 0) is 19.4 Å². The number of ether oxygens (including phenoxy) is 1. The maximum Gasteiger partial charge on any atom is 0.246 e. The monoisotopic (exact) mass is 426 g/mol. The van der Waals surface area contributed by atoms with Gasteiger partial charge in [0, 0.05) is 38.4 Å². The molecule has 0 aliphatic carbocycles. The molecule has 0 spiro atoms. The van der Waals surface area contributed by atoms with Crippen molar-refractivity contribution in [3.63, 3.8) is 0 Å². The predicted molar refractivity (Wildman–Crippen MR) is 109 cm³/mol. The highest BCUT2D eigenvalue weighted by atomic mass is 35.5. The molecule has 1 aromatic heterocycles. The van der Waals surface area contributed by atoms with Crippen molar-refractivity contribution in [2.24, 2.45) is 0 Å². The van der Waals surface area contributed by atoms with Crippen molar-refractivity contribution in [3.8, 4) is 0 Å². The second-order valence-corrected chi connectivity index (χ2v) is 9.06. The normalized spacial score (nSPS) is 23.8. The Labute approximate surface area is 172 Å². The zero-order chi connectivity index (χ0) is 19.0. The number of hydrogen-bond acceptors (Lipinski definition) is 5. The zero-order valence-electron chi connectivity index (χ0n) is 16.2. The first-order valence-electron chi connectivity index (χ1n) is 9.43. The molecule has 0 unspecified atom stereocenters. The fraction of sp³-hybridized carbons (Fsp3) is 0.526. The van der Waals surface area contributed by atoms with Gasteiger partial charge in [-0.15, -0.1) is 12.4 Å². The highest BCUT2D eigenvalue weighted by Crippen LogP contribution is 2.31. The van der Waals surface area contributed by atoms with Crippen molar-refractivity contribution < 1.29 is 13.2 Å². The number of aromatic nitrogens is 2. The van der Waals surface area contributed by atoms with Crippen molar-refractivity contribution in [2.45, 2.75) is 37.4 Å². The van der Waals surface area contributed by atoms with E-state index in [4.69, 9.17) is 4.74 Å². The summed E-state index contributed by atoms with van der Waals surface area (Å²) in [4.78, 5) is 2.71. The van der Waals surface area contributed by atoms with Gasteiger partial charge in [0.05, 0.1) is 24.9 Å². The van der Waals surface area contributed by atoms with Gasteiger partial charge in [0.25, 0.3) is 0 Å². The lowest BCUT2D eigenvalue weighted by Crippen LogP contribution is -2.59. The summed E-state index contributed by atoms with van der Waals surface area (Å²) in [5.41, 5.74) is 1.78. The number of nitrogens with zero attached hydrogens (tertiary/aromatic N) is 4. The first kappa shape index (κ1) is 21.3. The SMILES string of the molecule is CCn1cc(S(=O)(=O)N2CCN3[C@@H](COC[C@@H]3c3ccccc3)C2)c(C)n1.Cl. The molecule has 2 aromatic rings. The summed E-state index contributed by atoms with van der Waals surface area (Å²) in [5, 5.41) is 4.30. The van der Waals surface area contributed by atoms with E-state index in [0.29, 0.717) is 50.0 Å². The number of aryl methyl sites for hydroxylation is 2. The van der Waals surface area contributed by atoms with E-state index in [1.54, 1.807) is 22.1 Å². The second-order valence-electron chi connectivity index (χ2n) is 7.15. The van der Waals surface area contributed by atoms with Crippen molar-refractivity contribution in [2.75, 3.05) is 32.8 Å². The van der Waals surface area contributed by atoms with Crippen molar-refractivity contribution in [3.05, 3.63) is 47.8 Å². The molecule has 0 radical (unpaired) electrons. The van der Waals surface area contributed by atoms with E-state index in [9.17, 15) is 8.42 Å². The minimum Gasteiger partial charge on any atom is -0.378 e. The van der Waals surface area contributed by atoms with E-state index in [-0.39, 0.29) is 24.5 Å². The number of halogens is 1. The Bertz CT molecular complexity index is 903.